The SMILES string of the molecule is CN(C)C(=N[SiH](C)CCC(F)(F)F)N(C)C. The van der Waals surface area contributed by atoms with Crippen LogP contribution in [0.25, 0.3) is 0 Å². The van der Waals surface area contributed by atoms with Crippen molar-refractivity contribution in [3.8, 4) is 0 Å². The van der Waals surface area contributed by atoms with Gasteiger partial charge in [-0.2, -0.15) is 13.2 Å². The molecule has 0 spiro atoms. The zero-order valence-electron chi connectivity index (χ0n) is 10.5. The number of halogens is 3. The van der Waals surface area contributed by atoms with Crippen LogP contribution < -0.4 is 0 Å². The van der Waals surface area contributed by atoms with Gasteiger partial charge in [-0.1, -0.05) is 6.55 Å². The molecule has 0 aliphatic carbocycles. The van der Waals surface area contributed by atoms with Gasteiger partial charge in [0, 0.05) is 34.6 Å². The molecule has 0 heterocycles. The number of guanidine groups is 1. The largest absolute Gasteiger partial charge is 0.388 e. The molecule has 0 amide bonds. The van der Waals surface area contributed by atoms with Crippen molar-refractivity contribution in [1.82, 2.24) is 9.80 Å². The van der Waals surface area contributed by atoms with E-state index in [0.29, 0.717) is 0 Å². The molecular weight excluding hydrogens is 235 g/mol. The van der Waals surface area contributed by atoms with Gasteiger partial charge < -0.3 is 9.80 Å². The molecule has 1 atom stereocenters. The number of hydrogen-bond acceptors (Lipinski definition) is 1. The van der Waals surface area contributed by atoms with Gasteiger partial charge in [-0.3, -0.25) is 4.66 Å². The molecule has 0 aromatic carbocycles. The molecule has 16 heavy (non-hydrogen) atoms. The van der Waals surface area contributed by atoms with Gasteiger partial charge in [0.05, 0.1) is 0 Å². The predicted molar refractivity (Wildman–Crippen MR) is 63.3 cm³/mol. The van der Waals surface area contributed by atoms with Crippen molar-refractivity contribution in [3.05, 3.63) is 0 Å². The van der Waals surface area contributed by atoms with E-state index in [2.05, 4.69) is 4.66 Å². The fraction of sp³-hybridized carbons (Fsp3) is 0.889. The lowest BCUT2D eigenvalue weighted by Gasteiger charge is -2.24. The van der Waals surface area contributed by atoms with Crippen LogP contribution in [-0.2, 0) is 0 Å². The van der Waals surface area contributed by atoms with Gasteiger partial charge in [-0.05, 0) is 6.04 Å². The first-order chi connectivity index (χ1) is 7.13. The molecule has 0 saturated heterocycles. The standard InChI is InChI=1S/C9H20F3N3Si/c1-14(2)8(15(3)4)13-16(5)7-6-9(10,11)12/h16H,6-7H2,1-5H3. The number of nitrogens with zero attached hydrogens (tertiary/aromatic N) is 3. The molecule has 0 aliphatic heterocycles. The van der Waals surface area contributed by atoms with Crippen molar-refractivity contribution in [2.24, 2.45) is 4.66 Å². The van der Waals surface area contributed by atoms with Crippen molar-refractivity contribution in [2.45, 2.75) is 25.2 Å². The third kappa shape index (κ3) is 6.70. The smallest absolute Gasteiger partial charge is 0.350 e. The van der Waals surface area contributed by atoms with E-state index < -0.39 is 21.6 Å². The summed E-state index contributed by atoms with van der Waals surface area (Å²) in [6.07, 6.45) is -4.79. The van der Waals surface area contributed by atoms with Crippen LogP contribution in [0.1, 0.15) is 6.42 Å². The van der Waals surface area contributed by atoms with Crippen LogP contribution in [0.15, 0.2) is 4.66 Å². The normalized spacial score (nSPS) is 13.2. The number of rotatable bonds is 3. The lowest BCUT2D eigenvalue weighted by atomic mass is 10.5. The molecule has 0 aliphatic rings. The highest BCUT2D eigenvalue weighted by Crippen LogP contribution is 2.22. The van der Waals surface area contributed by atoms with Gasteiger partial charge in [-0.15, -0.1) is 0 Å². The first-order valence-corrected chi connectivity index (χ1v) is 7.61. The maximum absolute atomic E-state index is 12.0. The Morgan fingerprint density at radius 1 is 1.12 bits per heavy atom. The van der Waals surface area contributed by atoms with Gasteiger partial charge in [0.1, 0.15) is 0 Å². The highest BCUT2D eigenvalue weighted by Gasteiger charge is 2.27. The maximum Gasteiger partial charge on any atom is 0.388 e. The lowest BCUT2D eigenvalue weighted by Crippen LogP contribution is -2.37. The Hall–Kier alpha value is -0.723. The summed E-state index contributed by atoms with van der Waals surface area (Å²) in [7, 11) is 5.66. The third-order valence-electron chi connectivity index (χ3n) is 1.98. The van der Waals surface area contributed by atoms with Gasteiger partial charge in [0.15, 0.2) is 14.9 Å². The molecule has 0 aromatic rings. The van der Waals surface area contributed by atoms with Gasteiger partial charge in [0.25, 0.3) is 0 Å². The van der Waals surface area contributed by atoms with Crippen LogP contribution in [-0.4, -0.2) is 59.1 Å². The molecule has 96 valence electrons. The highest BCUT2D eigenvalue weighted by molar-refractivity contribution is 6.56. The summed E-state index contributed by atoms with van der Waals surface area (Å²) in [5.74, 6) is 0.737. The Kier molecular flexibility index (Phi) is 5.84. The van der Waals surface area contributed by atoms with Crippen LogP contribution in [0.4, 0.5) is 13.2 Å². The molecule has 0 rings (SSSR count). The van der Waals surface area contributed by atoms with Crippen molar-refractivity contribution >= 4 is 14.9 Å². The zero-order valence-corrected chi connectivity index (χ0v) is 11.6. The first-order valence-electron chi connectivity index (χ1n) is 5.12. The fourth-order valence-electron chi connectivity index (χ4n) is 1.27. The topological polar surface area (TPSA) is 18.8 Å². The van der Waals surface area contributed by atoms with Crippen molar-refractivity contribution < 1.29 is 13.2 Å². The molecule has 0 aromatic heterocycles. The predicted octanol–water partition coefficient (Wildman–Crippen LogP) is 1.77. The molecule has 1 unspecified atom stereocenters. The van der Waals surface area contributed by atoms with Crippen LogP contribution in [0.3, 0.4) is 0 Å². The van der Waals surface area contributed by atoms with E-state index in [4.69, 9.17) is 0 Å². The van der Waals surface area contributed by atoms with E-state index in [1.54, 1.807) is 0 Å². The van der Waals surface area contributed by atoms with E-state index in [9.17, 15) is 13.2 Å². The molecule has 0 fully saturated rings. The van der Waals surface area contributed by atoms with Crippen LogP contribution in [0, 0.1) is 0 Å². The Labute approximate surface area is 96.6 Å². The Morgan fingerprint density at radius 3 is 1.88 bits per heavy atom. The average Bonchev–Trinajstić information content (AvgIpc) is 2.08. The van der Waals surface area contributed by atoms with Crippen molar-refractivity contribution in [1.29, 1.82) is 0 Å². The molecule has 0 saturated carbocycles. The Balaban J connectivity index is 4.37. The van der Waals surface area contributed by atoms with Crippen LogP contribution >= 0.6 is 0 Å². The van der Waals surface area contributed by atoms with Crippen molar-refractivity contribution in [3.63, 3.8) is 0 Å². The van der Waals surface area contributed by atoms with Crippen LogP contribution in [0.5, 0.6) is 0 Å². The van der Waals surface area contributed by atoms with E-state index in [1.165, 1.54) is 0 Å². The Bertz CT molecular complexity index is 229. The second-order valence-corrected chi connectivity index (χ2v) is 6.75. The second kappa shape index (κ2) is 6.12. The first kappa shape index (κ1) is 15.3. The van der Waals surface area contributed by atoms with E-state index in [-0.39, 0.29) is 6.04 Å². The second-order valence-electron chi connectivity index (χ2n) is 4.22. The summed E-state index contributed by atoms with van der Waals surface area (Å²) >= 11 is 0. The fourth-order valence-corrected chi connectivity index (χ4v) is 3.00. The summed E-state index contributed by atoms with van der Waals surface area (Å²) < 4.78 is 40.5. The minimum atomic E-state index is -4.06. The average molecular weight is 255 g/mol. The molecule has 0 bridgehead atoms. The number of alkyl halides is 3. The number of hydrogen-bond donors (Lipinski definition) is 0. The molecule has 0 N–H and O–H groups in total. The minimum absolute atomic E-state index is 0.161. The summed E-state index contributed by atoms with van der Waals surface area (Å²) in [4.78, 5) is 3.63. The highest BCUT2D eigenvalue weighted by atomic mass is 28.3. The summed E-state index contributed by atoms with van der Waals surface area (Å²) in [5.41, 5.74) is 0. The Morgan fingerprint density at radius 2 is 1.56 bits per heavy atom. The molecule has 3 nitrogen and oxygen atoms in total. The van der Waals surface area contributed by atoms with Crippen molar-refractivity contribution in [2.75, 3.05) is 28.2 Å². The van der Waals surface area contributed by atoms with E-state index in [1.807, 2.05) is 44.5 Å². The van der Waals surface area contributed by atoms with E-state index in [0.717, 1.165) is 5.96 Å². The van der Waals surface area contributed by atoms with Gasteiger partial charge in [0.2, 0.25) is 0 Å². The van der Waals surface area contributed by atoms with Gasteiger partial charge >= 0.3 is 6.18 Å². The summed E-state index contributed by atoms with van der Waals surface area (Å²) in [6.45, 7) is 1.83. The summed E-state index contributed by atoms with van der Waals surface area (Å²) in [5, 5.41) is 0. The summed E-state index contributed by atoms with van der Waals surface area (Å²) in [6, 6.07) is 0.161. The lowest BCUT2D eigenvalue weighted by molar-refractivity contribution is -0.130. The monoisotopic (exact) mass is 255 g/mol. The van der Waals surface area contributed by atoms with E-state index >= 15 is 0 Å². The van der Waals surface area contributed by atoms with Crippen LogP contribution in [0.2, 0.25) is 12.6 Å². The maximum atomic E-state index is 12.0. The minimum Gasteiger partial charge on any atom is -0.350 e. The zero-order chi connectivity index (χ0) is 12.9. The molecular formula is C9H20F3N3Si. The molecule has 7 heteroatoms. The van der Waals surface area contributed by atoms with Gasteiger partial charge in [-0.25, -0.2) is 0 Å². The molecule has 0 radical (unpaired) electrons. The third-order valence-corrected chi connectivity index (χ3v) is 3.78. The quantitative estimate of drug-likeness (QED) is 0.435.